The van der Waals surface area contributed by atoms with E-state index >= 15 is 0 Å². The van der Waals surface area contributed by atoms with E-state index in [4.69, 9.17) is 5.73 Å². The van der Waals surface area contributed by atoms with Gasteiger partial charge in [0.1, 0.15) is 0 Å². The molecule has 0 aromatic heterocycles. The minimum Gasteiger partial charge on any atom is -0.397 e. The third-order valence-corrected chi connectivity index (χ3v) is 3.20. The summed E-state index contributed by atoms with van der Waals surface area (Å²) in [5.41, 5.74) is 11.7. The maximum absolute atomic E-state index is 6.12. The number of benzene rings is 2. The van der Waals surface area contributed by atoms with Gasteiger partial charge >= 0.3 is 0 Å². The van der Waals surface area contributed by atoms with E-state index in [1.807, 2.05) is 12.1 Å². The summed E-state index contributed by atoms with van der Waals surface area (Å²) in [6.45, 7) is 7.24. The third kappa shape index (κ3) is 2.33. The molecule has 0 spiro atoms. The molecule has 2 rings (SSSR count). The number of hydrogen-bond donors (Lipinski definition) is 1. The number of nitrogens with zero attached hydrogens (tertiary/aromatic N) is 1. The number of para-hydroxylation sites is 1. The Bertz CT molecular complexity index is 509. The fourth-order valence-electron chi connectivity index (χ4n) is 2.24. The van der Waals surface area contributed by atoms with Crippen LogP contribution in [0, 0.1) is 13.8 Å². The van der Waals surface area contributed by atoms with Gasteiger partial charge in [0.15, 0.2) is 0 Å². The first-order valence-electron chi connectivity index (χ1n) is 6.32. The van der Waals surface area contributed by atoms with Crippen LogP contribution < -0.4 is 10.6 Å². The van der Waals surface area contributed by atoms with Crippen molar-refractivity contribution in [2.45, 2.75) is 20.8 Å². The predicted octanol–water partition coefficient (Wildman–Crippen LogP) is 4.04. The van der Waals surface area contributed by atoms with Crippen LogP contribution in [-0.2, 0) is 0 Å². The molecule has 2 aromatic carbocycles. The van der Waals surface area contributed by atoms with Crippen LogP contribution >= 0.6 is 0 Å². The summed E-state index contributed by atoms with van der Waals surface area (Å²) in [5.74, 6) is 0. The zero-order chi connectivity index (χ0) is 13.1. The van der Waals surface area contributed by atoms with E-state index in [1.54, 1.807) is 0 Å². The van der Waals surface area contributed by atoms with Crippen LogP contribution in [0.25, 0.3) is 0 Å². The molecular formula is C16H20N2. The van der Waals surface area contributed by atoms with Crippen molar-refractivity contribution in [1.82, 2.24) is 0 Å². The largest absolute Gasteiger partial charge is 0.397 e. The van der Waals surface area contributed by atoms with Gasteiger partial charge in [-0.15, -0.1) is 0 Å². The summed E-state index contributed by atoms with van der Waals surface area (Å²) in [5, 5.41) is 0. The molecule has 0 fully saturated rings. The molecule has 0 aliphatic carbocycles. The molecule has 0 amide bonds. The normalized spacial score (nSPS) is 10.4. The first-order chi connectivity index (χ1) is 8.63. The number of nitrogens with two attached hydrogens (primary N) is 1. The molecule has 18 heavy (non-hydrogen) atoms. The highest BCUT2D eigenvalue weighted by molar-refractivity contribution is 5.77. The molecule has 0 aliphatic rings. The second-order valence-corrected chi connectivity index (χ2v) is 4.59. The van der Waals surface area contributed by atoms with Gasteiger partial charge < -0.3 is 10.6 Å². The highest BCUT2D eigenvalue weighted by atomic mass is 15.1. The summed E-state index contributed by atoms with van der Waals surface area (Å²) in [4.78, 5) is 2.25. The topological polar surface area (TPSA) is 29.3 Å². The lowest BCUT2D eigenvalue weighted by atomic mass is 10.1. The summed E-state index contributed by atoms with van der Waals surface area (Å²) in [7, 11) is 0. The van der Waals surface area contributed by atoms with Crippen molar-refractivity contribution >= 4 is 17.1 Å². The molecule has 2 N–H and O–H groups in total. The Hall–Kier alpha value is -1.96. The van der Waals surface area contributed by atoms with Gasteiger partial charge in [-0.3, -0.25) is 0 Å². The van der Waals surface area contributed by atoms with E-state index in [1.165, 1.54) is 16.8 Å². The number of nitrogen functional groups attached to an aromatic ring is 1. The van der Waals surface area contributed by atoms with Crippen LogP contribution in [0.15, 0.2) is 42.5 Å². The summed E-state index contributed by atoms with van der Waals surface area (Å²) < 4.78 is 0. The predicted molar refractivity (Wildman–Crippen MR) is 79.5 cm³/mol. The maximum Gasteiger partial charge on any atom is 0.0673 e. The smallest absolute Gasteiger partial charge is 0.0673 e. The molecule has 0 saturated heterocycles. The van der Waals surface area contributed by atoms with Gasteiger partial charge in [0.2, 0.25) is 0 Å². The van der Waals surface area contributed by atoms with E-state index in [2.05, 4.69) is 56.0 Å². The van der Waals surface area contributed by atoms with E-state index < -0.39 is 0 Å². The second kappa shape index (κ2) is 5.13. The van der Waals surface area contributed by atoms with E-state index in [0.29, 0.717) is 0 Å². The Labute approximate surface area is 109 Å². The quantitative estimate of drug-likeness (QED) is 0.820. The average molecular weight is 240 g/mol. The van der Waals surface area contributed by atoms with Crippen LogP contribution in [0.5, 0.6) is 0 Å². The fourth-order valence-corrected chi connectivity index (χ4v) is 2.24. The van der Waals surface area contributed by atoms with Gasteiger partial charge in [-0.2, -0.15) is 0 Å². The monoisotopic (exact) mass is 240 g/mol. The van der Waals surface area contributed by atoms with Gasteiger partial charge in [-0.1, -0.05) is 29.8 Å². The standard InChI is InChI=1S/C16H20N2/c1-4-18(14-10-8-12(2)9-11-14)16-13(3)6-5-7-15(16)17/h5-11H,4,17H2,1-3H3. The summed E-state index contributed by atoms with van der Waals surface area (Å²) >= 11 is 0. The fraction of sp³-hybridized carbons (Fsp3) is 0.250. The number of aryl methyl sites for hydroxylation is 2. The van der Waals surface area contributed by atoms with Crippen LogP contribution in [0.3, 0.4) is 0 Å². The molecule has 0 saturated carbocycles. The van der Waals surface area contributed by atoms with Gasteiger partial charge in [-0.05, 0) is 44.5 Å². The van der Waals surface area contributed by atoms with Gasteiger partial charge in [0, 0.05) is 12.2 Å². The van der Waals surface area contributed by atoms with Crippen molar-refractivity contribution in [1.29, 1.82) is 0 Å². The lowest BCUT2D eigenvalue weighted by Crippen LogP contribution is -2.18. The highest BCUT2D eigenvalue weighted by Gasteiger charge is 2.12. The van der Waals surface area contributed by atoms with Crippen LogP contribution in [0.1, 0.15) is 18.1 Å². The molecular weight excluding hydrogens is 220 g/mol. The molecule has 2 heteroatoms. The molecule has 2 aromatic rings. The third-order valence-electron chi connectivity index (χ3n) is 3.20. The van der Waals surface area contributed by atoms with Crippen LogP contribution in [0.4, 0.5) is 17.1 Å². The Kier molecular flexibility index (Phi) is 3.56. The Morgan fingerprint density at radius 1 is 1.00 bits per heavy atom. The molecule has 2 nitrogen and oxygen atoms in total. The van der Waals surface area contributed by atoms with Crippen molar-refractivity contribution in [3.63, 3.8) is 0 Å². The number of anilines is 3. The molecule has 0 bridgehead atoms. The van der Waals surface area contributed by atoms with E-state index in [0.717, 1.165) is 17.9 Å². The minimum atomic E-state index is 0.831. The second-order valence-electron chi connectivity index (χ2n) is 4.59. The zero-order valence-corrected chi connectivity index (χ0v) is 11.3. The minimum absolute atomic E-state index is 0.831. The maximum atomic E-state index is 6.12. The summed E-state index contributed by atoms with van der Waals surface area (Å²) in [6, 6.07) is 14.6. The average Bonchev–Trinajstić information content (AvgIpc) is 2.35. The summed E-state index contributed by atoms with van der Waals surface area (Å²) in [6.07, 6.45) is 0. The lowest BCUT2D eigenvalue weighted by Gasteiger charge is -2.26. The van der Waals surface area contributed by atoms with E-state index in [-0.39, 0.29) is 0 Å². The molecule has 0 atom stereocenters. The Morgan fingerprint density at radius 2 is 1.67 bits per heavy atom. The molecule has 0 radical (unpaired) electrons. The van der Waals surface area contributed by atoms with Crippen molar-refractivity contribution in [2.75, 3.05) is 17.2 Å². The first-order valence-corrected chi connectivity index (χ1v) is 6.32. The van der Waals surface area contributed by atoms with Gasteiger partial charge in [0.25, 0.3) is 0 Å². The highest BCUT2D eigenvalue weighted by Crippen LogP contribution is 2.33. The van der Waals surface area contributed by atoms with Crippen molar-refractivity contribution in [3.05, 3.63) is 53.6 Å². The first kappa shape index (κ1) is 12.5. The molecule has 0 aliphatic heterocycles. The SMILES string of the molecule is CCN(c1ccc(C)cc1)c1c(C)cccc1N. The Balaban J connectivity index is 2.48. The number of hydrogen-bond acceptors (Lipinski definition) is 2. The van der Waals surface area contributed by atoms with Crippen molar-refractivity contribution in [3.8, 4) is 0 Å². The van der Waals surface area contributed by atoms with E-state index in [9.17, 15) is 0 Å². The van der Waals surface area contributed by atoms with Gasteiger partial charge in [0.05, 0.1) is 11.4 Å². The molecule has 0 unspecified atom stereocenters. The van der Waals surface area contributed by atoms with Crippen molar-refractivity contribution in [2.24, 2.45) is 0 Å². The number of rotatable bonds is 3. The Morgan fingerprint density at radius 3 is 2.22 bits per heavy atom. The lowest BCUT2D eigenvalue weighted by molar-refractivity contribution is 1.02. The molecule has 0 heterocycles. The molecule has 94 valence electrons. The zero-order valence-electron chi connectivity index (χ0n) is 11.3. The van der Waals surface area contributed by atoms with Crippen LogP contribution in [-0.4, -0.2) is 6.54 Å². The van der Waals surface area contributed by atoms with Crippen LogP contribution in [0.2, 0.25) is 0 Å². The van der Waals surface area contributed by atoms with Gasteiger partial charge in [-0.25, -0.2) is 0 Å². The van der Waals surface area contributed by atoms with Crippen molar-refractivity contribution < 1.29 is 0 Å².